The van der Waals surface area contributed by atoms with Gasteiger partial charge in [-0.05, 0) is 24.1 Å². The summed E-state index contributed by atoms with van der Waals surface area (Å²) in [7, 11) is 0. The molecule has 0 aliphatic heterocycles. The highest BCUT2D eigenvalue weighted by Crippen LogP contribution is 2.16. The van der Waals surface area contributed by atoms with Crippen molar-refractivity contribution in [1.82, 2.24) is 5.32 Å². The second-order valence-electron chi connectivity index (χ2n) is 5.93. The maximum Gasteiger partial charge on any atom is 0.414 e. The number of carboxylic acid groups (broad SMARTS) is 2. The summed E-state index contributed by atoms with van der Waals surface area (Å²) < 4.78 is 5.59. The van der Waals surface area contributed by atoms with E-state index in [0.29, 0.717) is 13.1 Å². The fourth-order valence-corrected chi connectivity index (χ4v) is 2.14. The van der Waals surface area contributed by atoms with Gasteiger partial charge in [0.25, 0.3) is 0 Å². The van der Waals surface area contributed by atoms with Crippen LogP contribution < -0.4 is 10.1 Å². The molecule has 0 radical (unpaired) electrons. The molecular formula is C20H25NO7. The third-order valence-electron chi connectivity index (χ3n) is 3.61. The zero-order valence-corrected chi connectivity index (χ0v) is 15.5. The fourth-order valence-electron chi connectivity index (χ4n) is 2.14. The highest BCUT2D eigenvalue weighted by molar-refractivity contribution is 6.27. The summed E-state index contributed by atoms with van der Waals surface area (Å²) in [5, 5.41) is 37.8. The van der Waals surface area contributed by atoms with Crippen LogP contribution in [0.3, 0.4) is 0 Å². The van der Waals surface area contributed by atoms with Gasteiger partial charge in [-0.1, -0.05) is 48.5 Å². The number of hydrogen-bond donors (Lipinski definition) is 5. The Kier molecular flexibility index (Phi) is 10.3. The van der Waals surface area contributed by atoms with Gasteiger partial charge in [0, 0.05) is 13.1 Å². The fraction of sp³-hybridized carbons (Fsp3) is 0.300. The van der Waals surface area contributed by atoms with Crippen molar-refractivity contribution in [2.24, 2.45) is 0 Å². The molecule has 2 aromatic carbocycles. The number of aliphatic carboxylic acids is 2. The van der Waals surface area contributed by atoms with E-state index in [9.17, 15) is 10.2 Å². The number of para-hydroxylation sites is 1. The average Bonchev–Trinajstić information content (AvgIpc) is 2.68. The predicted octanol–water partition coefficient (Wildman–Crippen LogP) is 1.21. The first-order valence-corrected chi connectivity index (χ1v) is 8.57. The van der Waals surface area contributed by atoms with Crippen LogP contribution in [0, 0.1) is 6.92 Å². The minimum Gasteiger partial charge on any atom is -0.491 e. The molecule has 0 saturated heterocycles. The van der Waals surface area contributed by atoms with Crippen LogP contribution in [0.4, 0.5) is 0 Å². The van der Waals surface area contributed by atoms with Crippen molar-refractivity contribution in [2.45, 2.75) is 19.1 Å². The summed E-state index contributed by atoms with van der Waals surface area (Å²) in [6, 6.07) is 17.2. The highest BCUT2D eigenvalue weighted by atomic mass is 16.5. The van der Waals surface area contributed by atoms with E-state index in [0.717, 1.165) is 16.9 Å². The first-order chi connectivity index (χ1) is 13.3. The zero-order valence-electron chi connectivity index (χ0n) is 15.5. The summed E-state index contributed by atoms with van der Waals surface area (Å²) in [5.74, 6) is -2.86. The molecule has 0 saturated carbocycles. The van der Waals surface area contributed by atoms with Crippen LogP contribution in [0.25, 0.3) is 0 Å². The molecular weight excluding hydrogens is 366 g/mol. The monoisotopic (exact) mass is 391 g/mol. The molecule has 0 fully saturated rings. The number of carbonyl (C=O) groups is 2. The van der Waals surface area contributed by atoms with E-state index in [-0.39, 0.29) is 6.61 Å². The highest BCUT2D eigenvalue weighted by Gasteiger charge is 2.09. The third kappa shape index (κ3) is 9.13. The van der Waals surface area contributed by atoms with Gasteiger partial charge in [0.15, 0.2) is 0 Å². The number of aryl methyl sites for hydroxylation is 1. The van der Waals surface area contributed by atoms with E-state index in [1.54, 1.807) is 0 Å². The van der Waals surface area contributed by atoms with Crippen molar-refractivity contribution in [3.8, 4) is 5.75 Å². The van der Waals surface area contributed by atoms with Gasteiger partial charge in [0.2, 0.25) is 0 Å². The van der Waals surface area contributed by atoms with Gasteiger partial charge in [-0.3, -0.25) is 0 Å². The largest absolute Gasteiger partial charge is 0.491 e. The molecule has 2 rings (SSSR count). The van der Waals surface area contributed by atoms with Gasteiger partial charge >= 0.3 is 11.9 Å². The van der Waals surface area contributed by atoms with Gasteiger partial charge < -0.3 is 30.5 Å². The average molecular weight is 391 g/mol. The maximum atomic E-state index is 10.0. The van der Waals surface area contributed by atoms with Crippen molar-refractivity contribution < 1.29 is 34.8 Å². The number of rotatable bonds is 8. The number of hydrogen-bond acceptors (Lipinski definition) is 6. The molecule has 0 aliphatic carbocycles. The smallest absolute Gasteiger partial charge is 0.414 e. The quantitative estimate of drug-likeness (QED) is 0.424. The number of carboxylic acids is 2. The lowest BCUT2D eigenvalue weighted by Crippen LogP contribution is -2.33. The van der Waals surface area contributed by atoms with E-state index in [2.05, 4.69) is 5.32 Å². The van der Waals surface area contributed by atoms with Crippen molar-refractivity contribution in [1.29, 1.82) is 0 Å². The number of aliphatic hydroxyl groups excluding tert-OH is 2. The Hall–Kier alpha value is -2.94. The summed E-state index contributed by atoms with van der Waals surface area (Å²) in [6.07, 6.45) is -1.20. The van der Waals surface area contributed by atoms with Crippen molar-refractivity contribution in [3.05, 3.63) is 65.7 Å². The number of aliphatic hydroxyl groups is 2. The lowest BCUT2D eigenvalue weighted by Gasteiger charge is -2.16. The lowest BCUT2D eigenvalue weighted by molar-refractivity contribution is -0.159. The Bertz CT molecular complexity index is 724. The van der Waals surface area contributed by atoms with Gasteiger partial charge in [0.1, 0.15) is 18.5 Å². The molecule has 0 spiro atoms. The lowest BCUT2D eigenvalue weighted by atomic mass is 10.1. The minimum absolute atomic E-state index is 0.222. The van der Waals surface area contributed by atoms with Gasteiger partial charge in [-0.15, -0.1) is 0 Å². The Labute approximate surface area is 163 Å². The predicted molar refractivity (Wildman–Crippen MR) is 102 cm³/mol. The van der Waals surface area contributed by atoms with Crippen molar-refractivity contribution in [2.75, 3.05) is 19.7 Å². The summed E-state index contributed by atoms with van der Waals surface area (Å²) in [5.41, 5.74) is 1.91. The van der Waals surface area contributed by atoms with E-state index in [1.807, 2.05) is 61.5 Å². The molecule has 8 heteroatoms. The van der Waals surface area contributed by atoms with Crippen molar-refractivity contribution >= 4 is 11.9 Å². The Morgan fingerprint density at radius 2 is 1.50 bits per heavy atom. The summed E-state index contributed by atoms with van der Waals surface area (Å²) in [4.78, 5) is 18.2. The van der Waals surface area contributed by atoms with E-state index < -0.39 is 24.1 Å². The normalized spacial score (nSPS) is 12.2. The molecule has 0 aliphatic rings. The summed E-state index contributed by atoms with van der Waals surface area (Å²) in [6.45, 7) is 2.96. The first-order valence-electron chi connectivity index (χ1n) is 8.57. The first kappa shape index (κ1) is 23.1. The second-order valence-corrected chi connectivity index (χ2v) is 5.93. The second kappa shape index (κ2) is 12.4. The van der Waals surface area contributed by atoms with Crippen LogP contribution in [-0.4, -0.2) is 58.2 Å². The van der Waals surface area contributed by atoms with Crippen LogP contribution in [0.15, 0.2) is 54.6 Å². The van der Waals surface area contributed by atoms with E-state index in [4.69, 9.17) is 24.5 Å². The number of nitrogens with one attached hydrogen (secondary N) is 1. The number of ether oxygens (including phenoxy) is 1. The van der Waals surface area contributed by atoms with E-state index in [1.165, 1.54) is 0 Å². The molecule has 2 unspecified atom stereocenters. The molecule has 152 valence electrons. The van der Waals surface area contributed by atoms with Crippen LogP contribution in [-0.2, 0) is 9.59 Å². The van der Waals surface area contributed by atoms with Gasteiger partial charge in [-0.2, -0.15) is 0 Å². The number of benzene rings is 2. The summed E-state index contributed by atoms with van der Waals surface area (Å²) >= 11 is 0. The van der Waals surface area contributed by atoms with Crippen molar-refractivity contribution in [3.63, 3.8) is 0 Å². The molecule has 0 amide bonds. The Morgan fingerprint density at radius 3 is 2.07 bits per heavy atom. The standard InChI is InChI=1S/C18H23NO3.C2H2O4/c1-14-7-5-6-10-18(14)22-13-16(20)11-19-12-17(21)15-8-3-2-4-9-15;3-1(4)2(5)6/h2-10,16-17,19-21H,11-13H2,1H3;(H,3,4)(H,5,6). The van der Waals surface area contributed by atoms with Gasteiger partial charge in [-0.25, -0.2) is 9.59 Å². The van der Waals surface area contributed by atoms with Crippen LogP contribution >= 0.6 is 0 Å². The maximum absolute atomic E-state index is 10.0. The minimum atomic E-state index is -1.82. The molecule has 2 atom stereocenters. The van der Waals surface area contributed by atoms with Crippen LogP contribution in [0.2, 0.25) is 0 Å². The molecule has 0 heterocycles. The third-order valence-corrected chi connectivity index (χ3v) is 3.61. The molecule has 5 N–H and O–H groups in total. The van der Waals surface area contributed by atoms with Crippen LogP contribution in [0.5, 0.6) is 5.75 Å². The molecule has 0 aromatic heterocycles. The zero-order chi connectivity index (χ0) is 20.9. The molecule has 8 nitrogen and oxygen atoms in total. The van der Waals surface area contributed by atoms with Gasteiger partial charge in [0.05, 0.1) is 6.10 Å². The Morgan fingerprint density at radius 1 is 0.929 bits per heavy atom. The van der Waals surface area contributed by atoms with E-state index >= 15 is 0 Å². The molecule has 2 aromatic rings. The molecule has 28 heavy (non-hydrogen) atoms. The molecule has 0 bridgehead atoms. The Balaban J connectivity index is 0.000000568. The van der Waals surface area contributed by atoms with Crippen LogP contribution in [0.1, 0.15) is 17.2 Å². The topological polar surface area (TPSA) is 136 Å². The SMILES string of the molecule is Cc1ccccc1OCC(O)CNCC(O)c1ccccc1.O=C(O)C(=O)O.